The van der Waals surface area contributed by atoms with Crippen molar-refractivity contribution in [3.05, 3.63) is 45.1 Å². The molecule has 6 heteroatoms. The Balaban J connectivity index is 2.18. The van der Waals surface area contributed by atoms with Crippen molar-refractivity contribution in [3.63, 3.8) is 0 Å². The number of nitrogens with zero attached hydrogens (tertiary/aromatic N) is 2. The van der Waals surface area contributed by atoms with Crippen molar-refractivity contribution in [1.82, 2.24) is 4.90 Å². The first kappa shape index (κ1) is 15.7. The van der Waals surface area contributed by atoms with E-state index in [-0.39, 0.29) is 5.91 Å². The van der Waals surface area contributed by atoms with Crippen molar-refractivity contribution in [1.29, 1.82) is 0 Å². The van der Waals surface area contributed by atoms with Gasteiger partial charge in [0, 0.05) is 31.6 Å². The van der Waals surface area contributed by atoms with E-state index < -0.39 is 0 Å². The SMILES string of the molecule is CN(C)C(=O)c1ccc(N(C)Cc2ccc(Cl)s2)c(N)c1. The molecule has 0 saturated heterocycles. The molecule has 0 aliphatic carbocycles. The van der Waals surface area contributed by atoms with Crippen molar-refractivity contribution < 1.29 is 4.79 Å². The maximum Gasteiger partial charge on any atom is 0.253 e. The molecule has 112 valence electrons. The van der Waals surface area contributed by atoms with Crippen LogP contribution in [0.15, 0.2) is 30.3 Å². The Morgan fingerprint density at radius 2 is 1.95 bits per heavy atom. The average molecular weight is 324 g/mol. The van der Waals surface area contributed by atoms with E-state index >= 15 is 0 Å². The molecular weight excluding hydrogens is 306 g/mol. The quantitative estimate of drug-likeness (QED) is 0.878. The molecule has 0 saturated carbocycles. The minimum Gasteiger partial charge on any atom is -0.397 e. The lowest BCUT2D eigenvalue weighted by molar-refractivity contribution is 0.0827. The number of anilines is 2. The molecule has 0 aliphatic heterocycles. The molecule has 1 heterocycles. The molecule has 21 heavy (non-hydrogen) atoms. The van der Waals surface area contributed by atoms with Gasteiger partial charge < -0.3 is 15.5 Å². The van der Waals surface area contributed by atoms with E-state index in [0.717, 1.165) is 21.4 Å². The maximum atomic E-state index is 11.9. The second kappa shape index (κ2) is 6.37. The number of rotatable bonds is 4. The van der Waals surface area contributed by atoms with Gasteiger partial charge in [-0.25, -0.2) is 0 Å². The van der Waals surface area contributed by atoms with Crippen LogP contribution in [-0.2, 0) is 6.54 Å². The van der Waals surface area contributed by atoms with Crippen LogP contribution in [0.5, 0.6) is 0 Å². The third kappa shape index (κ3) is 3.68. The zero-order valence-electron chi connectivity index (χ0n) is 12.3. The molecule has 1 amide bonds. The molecule has 0 fully saturated rings. The molecular formula is C15H18ClN3OS. The summed E-state index contributed by atoms with van der Waals surface area (Å²) in [6, 6.07) is 9.28. The maximum absolute atomic E-state index is 11.9. The second-order valence-corrected chi connectivity index (χ2v) is 6.83. The number of carbonyl (C=O) groups is 1. The van der Waals surface area contributed by atoms with Crippen LogP contribution >= 0.6 is 22.9 Å². The topological polar surface area (TPSA) is 49.6 Å². The van der Waals surface area contributed by atoms with E-state index in [0.29, 0.717) is 11.3 Å². The molecule has 0 aliphatic rings. The number of hydrogen-bond acceptors (Lipinski definition) is 4. The molecule has 0 unspecified atom stereocenters. The van der Waals surface area contributed by atoms with Crippen molar-refractivity contribution in [2.45, 2.75) is 6.54 Å². The highest BCUT2D eigenvalue weighted by Gasteiger charge is 2.12. The Labute approximate surface area is 133 Å². The molecule has 2 rings (SSSR count). The van der Waals surface area contributed by atoms with E-state index in [4.69, 9.17) is 17.3 Å². The number of amides is 1. The minimum atomic E-state index is -0.0547. The van der Waals surface area contributed by atoms with Crippen LogP contribution < -0.4 is 10.6 Å². The monoisotopic (exact) mass is 323 g/mol. The van der Waals surface area contributed by atoms with Crippen LogP contribution in [0.1, 0.15) is 15.2 Å². The number of thiophene rings is 1. The summed E-state index contributed by atoms with van der Waals surface area (Å²) in [5.41, 5.74) is 8.16. The number of carbonyl (C=O) groups excluding carboxylic acids is 1. The molecule has 0 radical (unpaired) electrons. The average Bonchev–Trinajstić information content (AvgIpc) is 2.82. The summed E-state index contributed by atoms with van der Waals surface area (Å²) in [5.74, 6) is -0.0547. The normalized spacial score (nSPS) is 10.5. The zero-order valence-corrected chi connectivity index (χ0v) is 13.8. The molecule has 0 spiro atoms. The van der Waals surface area contributed by atoms with Gasteiger partial charge in [0.25, 0.3) is 5.91 Å². The highest BCUT2D eigenvalue weighted by Crippen LogP contribution is 2.28. The smallest absolute Gasteiger partial charge is 0.253 e. The summed E-state index contributed by atoms with van der Waals surface area (Å²) < 4.78 is 0.776. The Kier molecular flexibility index (Phi) is 4.75. The van der Waals surface area contributed by atoms with Gasteiger partial charge in [0.1, 0.15) is 0 Å². The van der Waals surface area contributed by atoms with Gasteiger partial charge in [-0.3, -0.25) is 4.79 Å². The molecule has 1 aromatic carbocycles. The van der Waals surface area contributed by atoms with E-state index in [2.05, 4.69) is 0 Å². The lowest BCUT2D eigenvalue weighted by Gasteiger charge is -2.21. The third-order valence-corrected chi connectivity index (χ3v) is 4.33. The molecule has 2 N–H and O–H groups in total. The van der Waals surface area contributed by atoms with E-state index in [1.165, 1.54) is 4.90 Å². The lowest BCUT2D eigenvalue weighted by Crippen LogP contribution is -2.22. The van der Waals surface area contributed by atoms with Crippen molar-refractivity contribution in [2.75, 3.05) is 31.8 Å². The van der Waals surface area contributed by atoms with Crippen LogP contribution in [0.2, 0.25) is 4.34 Å². The summed E-state index contributed by atoms with van der Waals surface area (Å²) >= 11 is 7.49. The summed E-state index contributed by atoms with van der Waals surface area (Å²) in [4.78, 5) is 16.7. The Bertz CT molecular complexity index is 654. The fraction of sp³-hybridized carbons (Fsp3) is 0.267. The van der Waals surface area contributed by atoms with Gasteiger partial charge in [0.2, 0.25) is 0 Å². The molecule has 0 atom stereocenters. The van der Waals surface area contributed by atoms with Gasteiger partial charge in [-0.15, -0.1) is 11.3 Å². The van der Waals surface area contributed by atoms with Gasteiger partial charge >= 0.3 is 0 Å². The van der Waals surface area contributed by atoms with E-state index in [1.807, 2.05) is 30.1 Å². The fourth-order valence-electron chi connectivity index (χ4n) is 2.05. The van der Waals surface area contributed by atoms with Crippen molar-refractivity contribution >= 4 is 40.2 Å². The Hall–Kier alpha value is -1.72. The van der Waals surface area contributed by atoms with Crippen LogP contribution in [0.4, 0.5) is 11.4 Å². The molecule has 1 aromatic heterocycles. The third-order valence-electron chi connectivity index (χ3n) is 3.11. The Morgan fingerprint density at radius 1 is 1.24 bits per heavy atom. The summed E-state index contributed by atoms with van der Waals surface area (Å²) in [6.07, 6.45) is 0. The Morgan fingerprint density at radius 3 is 2.48 bits per heavy atom. The molecule has 4 nitrogen and oxygen atoms in total. The minimum absolute atomic E-state index is 0.0547. The lowest BCUT2D eigenvalue weighted by atomic mass is 10.1. The van der Waals surface area contributed by atoms with Crippen LogP contribution in [-0.4, -0.2) is 32.0 Å². The first-order chi connectivity index (χ1) is 9.88. The summed E-state index contributed by atoms with van der Waals surface area (Å²) in [6.45, 7) is 0.725. The number of hydrogen-bond donors (Lipinski definition) is 1. The zero-order chi connectivity index (χ0) is 15.6. The van der Waals surface area contributed by atoms with Crippen LogP contribution in [0.25, 0.3) is 0 Å². The predicted molar refractivity (Wildman–Crippen MR) is 90.3 cm³/mol. The number of benzene rings is 1. The van der Waals surface area contributed by atoms with Gasteiger partial charge in [-0.1, -0.05) is 11.6 Å². The van der Waals surface area contributed by atoms with Crippen molar-refractivity contribution in [3.8, 4) is 0 Å². The highest BCUT2D eigenvalue weighted by atomic mass is 35.5. The van der Waals surface area contributed by atoms with Crippen molar-refractivity contribution in [2.24, 2.45) is 0 Å². The molecule has 2 aromatic rings. The predicted octanol–water partition coefficient (Wildman–Crippen LogP) is 3.32. The van der Waals surface area contributed by atoms with Gasteiger partial charge in [0.15, 0.2) is 0 Å². The first-order valence-corrected chi connectivity index (χ1v) is 7.64. The number of nitrogens with two attached hydrogens (primary N) is 1. The number of halogens is 1. The van der Waals surface area contributed by atoms with Crippen LogP contribution in [0, 0.1) is 0 Å². The van der Waals surface area contributed by atoms with Crippen LogP contribution in [0.3, 0.4) is 0 Å². The second-order valence-electron chi connectivity index (χ2n) is 5.04. The van der Waals surface area contributed by atoms with Gasteiger partial charge in [-0.05, 0) is 30.3 Å². The number of nitrogen functional groups attached to an aromatic ring is 1. The van der Waals surface area contributed by atoms with E-state index in [1.54, 1.807) is 37.6 Å². The summed E-state index contributed by atoms with van der Waals surface area (Å²) in [5, 5.41) is 0. The first-order valence-electron chi connectivity index (χ1n) is 6.45. The van der Waals surface area contributed by atoms with E-state index in [9.17, 15) is 4.79 Å². The fourth-order valence-corrected chi connectivity index (χ4v) is 3.19. The van der Waals surface area contributed by atoms with Gasteiger partial charge in [-0.2, -0.15) is 0 Å². The van der Waals surface area contributed by atoms with Gasteiger partial charge in [0.05, 0.1) is 22.3 Å². The molecule has 0 bridgehead atoms. The highest BCUT2D eigenvalue weighted by molar-refractivity contribution is 7.16. The largest absolute Gasteiger partial charge is 0.397 e. The summed E-state index contributed by atoms with van der Waals surface area (Å²) in [7, 11) is 5.41. The standard InChI is InChI=1S/C15H18ClN3OS/c1-18(2)15(20)10-4-6-13(12(17)8-10)19(3)9-11-5-7-14(16)21-11/h4-8H,9,17H2,1-3H3.